The van der Waals surface area contributed by atoms with Gasteiger partial charge in [-0.25, -0.2) is 0 Å². The highest BCUT2D eigenvalue weighted by Crippen LogP contribution is 2.32. The summed E-state index contributed by atoms with van der Waals surface area (Å²) in [5.74, 6) is 1.46. The van der Waals surface area contributed by atoms with Crippen molar-refractivity contribution in [2.24, 2.45) is 5.92 Å². The van der Waals surface area contributed by atoms with Crippen molar-refractivity contribution in [1.29, 1.82) is 0 Å². The Balaban J connectivity index is 1.60. The van der Waals surface area contributed by atoms with Gasteiger partial charge in [0.25, 0.3) is 0 Å². The van der Waals surface area contributed by atoms with Crippen LogP contribution in [0.2, 0.25) is 0 Å². The van der Waals surface area contributed by atoms with Crippen molar-refractivity contribution in [3.05, 3.63) is 29.8 Å². The maximum absolute atomic E-state index is 12.1. The standard InChI is InChI=1S/C16H21NO3/c1-19-14-4-2-3-12(9-14)10-17-7-8-20-15(11-17)16(18)13-5-6-13/h2-4,9,13,15H,5-8,10-11H2,1H3/t15-/m1/s1. The lowest BCUT2D eigenvalue weighted by Crippen LogP contribution is -2.46. The van der Waals surface area contributed by atoms with Gasteiger partial charge in [0.1, 0.15) is 11.9 Å². The molecule has 1 heterocycles. The Morgan fingerprint density at radius 1 is 1.45 bits per heavy atom. The number of ether oxygens (including phenoxy) is 2. The number of benzene rings is 1. The van der Waals surface area contributed by atoms with Crippen molar-refractivity contribution in [3.8, 4) is 5.75 Å². The predicted octanol–water partition coefficient (Wildman–Crippen LogP) is 1.88. The van der Waals surface area contributed by atoms with Crippen LogP contribution in [0.5, 0.6) is 5.75 Å². The van der Waals surface area contributed by atoms with E-state index in [0.29, 0.717) is 18.9 Å². The van der Waals surface area contributed by atoms with Crippen molar-refractivity contribution in [1.82, 2.24) is 4.90 Å². The Hall–Kier alpha value is -1.39. The molecule has 0 amide bonds. The molecule has 0 aromatic heterocycles. The topological polar surface area (TPSA) is 38.8 Å². The zero-order valence-electron chi connectivity index (χ0n) is 11.9. The third-order valence-corrected chi connectivity index (χ3v) is 3.99. The third kappa shape index (κ3) is 3.19. The second-order valence-electron chi connectivity index (χ2n) is 5.62. The maximum Gasteiger partial charge on any atom is 0.165 e. The van der Waals surface area contributed by atoms with Gasteiger partial charge in [0.2, 0.25) is 0 Å². The number of ketones is 1. The van der Waals surface area contributed by atoms with Gasteiger partial charge in [0.15, 0.2) is 5.78 Å². The van der Waals surface area contributed by atoms with E-state index in [-0.39, 0.29) is 12.0 Å². The van der Waals surface area contributed by atoms with E-state index in [1.54, 1.807) is 7.11 Å². The fraction of sp³-hybridized carbons (Fsp3) is 0.562. The highest BCUT2D eigenvalue weighted by atomic mass is 16.5. The van der Waals surface area contributed by atoms with Crippen LogP contribution in [0.4, 0.5) is 0 Å². The van der Waals surface area contributed by atoms with Crippen LogP contribution in [0.15, 0.2) is 24.3 Å². The zero-order valence-corrected chi connectivity index (χ0v) is 11.9. The Morgan fingerprint density at radius 2 is 2.30 bits per heavy atom. The van der Waals surface area contributed by atoms with Gasteiger partial charge in [-0.1, -0.05) is 12.1 Å². The van der Waals surface area contributed by atoms with Crippen LogP contribution in [0.1, 0.15) is 18.4 Å². The zero-order chi connectivity index (χ0) is 13.9. The summed E-state index contributed by atoms with van der Waals surface area (Å²) >= 11 is 0. The van der Waals surface area contributed by atoms with Gasteiger partial charge in [-0.3, -0.25) is 9.69 Å². The molecule has 20 heavy (non-hydrogen) atoms. The van der Waals surface area contributed by atoms with Gasteiger partial charge < -0.3 is 9.47 Å². The molecule has 0 N–H and O–H groups in total. The van der Waals surface area contributed by atoms with E-state index in [2.05, 4.69) is 11.0 Å². The molecule has 0 unspecified atom stereocenters. The summed E-state index contributed by atoms with van der Waals surface area (Å²) < 4.78 is 10.9. The summed E-state index contributed by atoms with van der Waals surface area (Å²) in [6.07, 6.45) is 1.88. The quantitative estimate of drug-likeness (QED) is 0.822. The summed E-state index contributed by atoms with van der Waals surface area (Å²) in [6, 6.07) is 8.09. The summed E-state index contributed by atoms with van der Waals surface area (Å²) in [4.78, 5) is 14.4. The second-order valence-corrected chi connectivity index (χ2v) is 5.62. The number of rotatable bonds is 5. The van der Waals surface area contributed by atoms with E-state index >= 15 is 0 Å². The molecule has 0 spiro atoms. The molecule has 0 radical (unpaired) electrons. The molecule has 1 aliphatic heterocycles. The molecule has 0 bridgehead atoms. The first-order valence-electron chi connectivity index (χ1n) is 7.27. The highest BCUT2D eigenvalue weighted by molar-refractivity contribution is 5.87. The lowest BCUT2D eigenvalue weighted by atomic mass is 10.1. The van der Waals surface area contributed by atoms with Crippen molar-refractivity contribution < 1.29 is 14.3 Å². The average molecular weight is 275 g/mol. The van der Waals surface area contributed by atoms with Crippen molar-refractivity contribution in [2.75, 3.05) is 26.8 Å². The van der Waals surface area contributed by atoms with Gasteiger partial charge >= 0.3 is 0 Å². The van der Waals surface area contributed by atoms with Crippen LogP contribution in [-0.4, -0.2) is 43.6 Å². The number of hydrogen-bond acceptors (Lipinski definition) is 4. The number of carbonyl (C=O) groups excluding carboxylic acids is 1. The summed E-state index contributed by atoms with van der Waals surface area (Å²) in [5, 5.41) is 0. The fourth-order valence-electron chi connectivity index (χ4n) is 2.68. The monoisotopic (exact) mass is 275 g/mol. The molecule has 2 fully saturated rings. The molecule has 1 atom stereocenters. The molecule has 4 heteroatoms. The lowest BCUT2D eigenvalue weighted by molar-refractivity contribution is -0.137. The Bertz CT molecular complexity index is 484. The lowest BCUT2D eigenvalue weighted by Gasteiger charge is -2.32. The van der Waals surface area contributed by atoms with Crippen LogP contribution in [0.3, 0.4) is 0 Å². The number of morpholine rings is 1. The normalized spacial score (nSPS) is 23.6. The molecule has 108 valence electrons. The summed E-state index contributed by atoms with van der Waals surface area (Å²) in [6.45, 7) is 3.08. The van der Waals surface area contributed by atoms with Gasteiger partial charge in [-0.15, -0.1) is 0 Å². The first-order valence-corrected chi connectivity index (χ1v) is 7.27. The molecule has 1 saturated carbocycles. The van der Waals surface area contributed by atoms with Gasteiger partial charge in [0, 0.05) is 25.6 Å². The number of hydrogen-bond donors (Lipinski definition) is 0. The van der Waals surface area contributed by atoms with Gasteiger partial charge in [-0.05, 0) is 30.5 Å². The van der Waals surface area contributed by atoms with Gasteiger partial charge in [-0.2, -0.15) is 0 Å². The molecule has 2 aliphatic rings. The maximum atomic E-state index is 12.1. The third-order valence-electron chi connectivity index (χ3n) is 3.99. The van der Waals surface area contributed by atoms with Crippen LogP contribution in [0.25, 0.3) is 0 Å². The number of methoxy groups -OCH3 is 1. The van der Waals surface area contributed by atoms with E-state index < -0.39 is 0 Å². The minimum Gasteiger partial charge on any atom is -0.497 e. The molecular formula is C16H21NO3. The van der Waals surface area contributed by atoms with Crippen LogP contribution in [-0.2, 0) is 16.1 Å². The minimum atomic E-state index is -0.221. The number of carbonyl (C=O) groups is 1. The number of nitrogens with zero attached hydrogens (tertiary/aromatic N) is 1. The summed E-state index contributed by atoms with van der Waals surface area (Å²) in [5.41, 5.74) is 1.21. The molecule has 1 saturated heterocycles. The smallest absolute Gasteiger partial charge is 0.165 e. The summed E-state index contributed by atoms with van der Waals surface area (Å²) in [7, 11) is 1.68. The molecule has 1 aromatic rings. The highest BCUT2D eigenvalue weighted by Gasteiger charge is 2.37. The van der Waals surface area contributed by atoms with Gasteiger partial charge in [0.05, 0.1) is 13.7 Å². The SMILES string of the molecule is COc1cccc(CN2CCO[C@@H](C(=O)C3CC3)C2)c1. The fourth-order valence-corrected chi connectivity index (χ4v) is 2.68. The molecule has 1 aliphatic carbocycles. The Kier molecular flexibility index (Phi) is 4.03. The molecule has 4 nitrogen and oxygen atoms in total. The van der Waals surface area contributed by atoms with E-state index in [4.69, 9.17) is 9.47 Å². The van der Waals surface area contributed by atoms with E-state index in [0.717, 1.165) is 31.7 Å². The first kappa shape index (κ1) is 13.6. The van der Waals surface area contributed by atoms with E-state index in [9.17, 15) is 4.79 Å². The van der Waals surface area contributed by atoms with E-state index in [1.165, 1.54) is 5.56 Å². The van der Waals surface area contributed by atoms with Crippen molar-refractivity contribution >= 4 is 5.78 Å². The molecule has 3 rings (SSSR count). The minimum absolute atomic E-state index is 0.221. The van der Waals surface area contributed by atoms with Crippen LogP contribution < -0.4 is 4.74 Å². The van der Waals surface area contributed by atoms with Crippen LogP contribution in [0, 0.1) is 5.92 Å². The largest absolute Gasteiger partial charge is 0.497 e. The first-order chi connectivity index (χ1) is 9.76. The average Bonchev–Trinajstić information content (AvgIpc) is 3.32. The second kappa shape index (κ2) is 5.94. The van der Waals surface area contributed by atoms with E-state index in [1.807, 2.05) is 18.2 Å². The van der Waals surface area contributed by atoms with Crippen LogP contribution >= 0.6 is 0 Å². The van der Waals surface area contributed by atoms with Crippen molar-refractivity contribution in [3.63, 3.8) is 0 Å². The molecular weight excluding hydrogens is 254 g/mol. The van der Waals surface area contributed by atoms with Crippen molar-refractivity contribution in [2.45, 2.75) is 25.5 Å². The molecule has 1 aromatic carbocycles. The number of Topliss-reactive ketones (excluding diaryl/α,β-unsaturated/α-hetero) is 1. The Morgan fingerprint density at radius 3 is 3.05 bits per heavy atom. The Labute approximate surface area is 119 Å². The predicted molar refractivity (Wildman–Crippen MR) is 75.7 cm³/mol.